The predicted octanol–water partition coefficient (Wildman–Crippen LogP) is 9.27. The van der Waals surface area contributed by atoms with Crippen LogP contribution in [0.25, 0.3) is 6.08 Å². The van der Waals surface area contributed by atoms with E-state index in [-0.39, 0.29) is 11.6 Å². The second-order valence-corrected chi connectivity index (χ2v) is 12.4. The van der Waals surface area contributed by atoms with Gasteiger partial charge in [-0.05, 0) is 78.7 Å². The lowest BCUT2D eigenvalue weighted by Crippen LogP contribution is -2.30. The van der Waals surface area contributed by atoms with Crippen LogP contribution in [0.15, 0.2) is 138 Å². The molecule has 242 valence electrons. The van der Waals surface area contributed by atoms with Crippen molar-refractivity contribution in [2.45, 2.75) is 17.1 Å². The highest BCUT2D eigenvalue weighted by molar-refractivity contribution is 8.00. The average molecular weight is 697 g/mol. The Hall–Kier alpha value is -5.02. The number of anilines is 2. The van der Waals surface area contributed by atoms with Crippen molar-refractivity contribution in [3.8, 4) is 5.75 Å². The lowest BCUT2D eigenvalue weighted by molar-refractivity contribution is -0.116. The average Bonchev–Trinajstić information content (AvgIpc) is 3.09. The largest absolute Gasteiger partial charge is 0.492 e. The molecule has 10 heteroatoms. The molecule has 0 aliphatic heterocycles. The van der Waals surface area contributed by atoms with Crippen molar-refractivity contribution < 1.29 is 19.1 Å². The summed E-state index contributed by atoms with van der Waals surface area (Å²) in [5.41, 5.74) is 2.68. The van der Waals surface area contributed by atoms with Crippen molar-refractivity contribution >= 4 is 70.1 Å². The molecule has 0 bridgehead atoms. The number of rotatable bonds is 12. The van der Waals surface area contributed by atoms with Crippen LogP contribution in [0.4, 0.5) is 11.4 Å². The Kier molecular flexibility index (Phi) is 11.9. The Morgan fingerprint density at radius 3 is 2.23 bits per heavy atom. The third kappa shape index (κ3) is 9.29. The summed E-state index contributed by atoms with van der Waals surface area (Å²) in [5.74, 6) is -0.689. The minimum atomic E-state index is -0.625. The van der Waals surface area contributed by atoms with Crippen LogP contribution in [0.5, 0.6) is 5.75 Å². The van der Waals surface area contributed by atoms with Gasteiger partial charge >= 0.3 is 0 Å². The predicted molar refractivity (Wildman–Crippen MR) is 195 cm³/mol. The van der Waals surface area contributed by atoms with Gasteiger partial charge in [0.25, 0.3) is 11.8 Å². The van der Waals surface area contributed by atoms with Gasteiger partial charge in [-0.2, -0.15) is 0 Å². The molecule has 0 aromatic heterocycles. The van der Waals surface area contributed by atoms with E-state index < -0.39 is 17.1 Å². The van der Waals surface area contributed by atoms with Gasteiger partial charge < -0.3 is 20.7 Å². The fraction of sp³-hybridized carbons (Fsp3) is 0.0789. The third-order valence-electron chi connectivity index (χ3n) is 6.92. The summed E-state index contributed by atoms with van der Waals surface area (Å²) in [4.78, 5) is 41.2. The smallest absolute Gasteiger partial charge is 0.272 e. The molecule has 0 saturated heterocycles. The van der Waals surface area contributed by atoms with Crippen molar-refractivity contribution in [3.05, 3.63) is 160 Å². The third-order valence-corrected chi connectivity index (χ3v) is 8.73. The van der Waals surface area contributed by atoms with E-state index in [1.54, 1.807) is 72.8 Å². The van der Waals surface area contributed by atoms with Gasteiger partial charge in [0.2, 0.25) is 5.91 Å². The Morgan fingerprint density at radius 2 is 1.50 bits per heavy atom. The van der Waals surface area contributed by atoms with Crippen LogP contribution in [-0.4, -0.2) is 24.3 Å². The van der Waals surface area contributed by atoms with E-state index in [2.05, 4.69) is 16.0 Å². The minimum absolute atomic E-state index is 0.0272. The summed E-state index contributed by atoms with van der Waals surface area (Å²) < 4.78 is 5.71. The summed E-state index contributed by atoms with van der Waals surface area (Å²) >= 11 is 13.8. The van der Waals surface area contributed by atoms with Crippen molar-refractivity contribution in [3.63, 3.8) is 0 Å². The Morgan fingerprint density at radius 1 is 0.792 bits per heavy atom. The second kappa shape index (κ2) is 16.7. The fourth-order valence-corrected chi connectivity index (χ4v) is 6.20. The van der Waals surface area contributed by atoms with Crippen LogP contribution >= 0.6 is 35.0 Å². The number of carbonyl (C=O) groups excluding carboxylic acids is 3. The first-order valence-corrected chi connectivity index (χ1v) is 16.6. The van der Waals surface area contributed by atoms with Gasteiger partial charge in [-0.25, -0.2) is 0 Å². The standard InChI is InChI=1S/C38H31Cl2N3O4S/c1-2-47-34-19-10-9-18-32(34)42-38(46)35(25-12-5-3-6-13-25)48-30-17-11-16-29(24-30)41-37(45)33(22-27-20-21-28(39)23-31(27)40)43-36(44)26-14-7-4-8-15-26/h3-24,35H,2H2,1H3,(H,41,45)(H,42,46)(H,43,44)/b33-22+. The normalized spacial score (nSPS) is 11.7. The zero-order chi connectivity index (χ0) is 33.9. The highest BCUT2D eigenvalue weighted by Crippen LogP contribution is 2.38. The van der Waals surface area contributed by atoms with E-state index in [1.807, 2.05) is 61.5 Å². The summed E-state index contributed by atoms with van der Waals surface area (Å²) in [6.07, 6.45) is 1.49. The van der Waals surface area contributed by atoms with E-state index in [1.165, 1.54) is 17.8 Å². The molecule has 0 heterocycles. The molecule has 7 nitrogen and oxygen atoms in total. The number of ether oxygens (including phenoxy) is 1. The maximum Gasteiger partial charge on any atom is 0.272 e. The van der Waals surface area contributed by atoms with E-state index in [9.17, 15) is 14.4 Å². The number of halogens is 2. The molecule has 0 aliphatic carbocycles. The molecule has 5 aromatic rings. The minimum Gasteiger partial charge on any atom is -0.492 e. The van der Waals surface area contributed by atoms with Gasteiger partial charge in [-0.15, -0.1) is 11.8 Å². The molecule has 0 fully saturated rings. The monoisotopic (exact) mass is 695 g/mol. The highest BCUT2D eigenvalue weighted by Gasteiger charge is 2.24. The second-order valence-electron chi connectivity index (χ2n) is 10.4. The van der Waals surface area contributed by atoms with E-state index in [4.69, 9.17) is 27.9 Å². The summed E-state index contributed by atoms with van der Waals surface area (Å²) in [7, 11) is 0. The van der Waals surface area contributed by atoms with Crippen LogP contribution in [-0.2, 0) is 9.59 Å². The number of benzene rings is 5. The van der Waals surface area contributed by atoms with E-state index >= 15 is 0 Å². The number of hydrogen-bond acceptors (Lipinski definition) is 5. The molecule has 3 amide bonds. The van der Waals surface area contributed by atoms with E-state index in [0.717, 1.165) is 10.5 Å². The van der Waals surface area contributed by atoms with Crippen molar-refractivity contribution in [2.75, 3.05) is 17.2 Å². The molecule has 5 rings (SSSR count). The van der Waals surface area contributed by atoms with Crippen molar-refractivity contribution in [1.29, 1.82) is 0 Å². The molecular weight excluding hydrogens is 665 g/mol. The van der Waals surface area contributed by atoms with Crippen LogP contribution in [0.3, 0.4) is 0 Å². The molecule has 1 atom stereocenters. The van der Waals surface area contributed by atoms with Gasteiger partial charge in [-0.3, -0.25) is 14.4 Å². The molecular formula is C38H31Cl2N3O4S. The number of amides is 3. The van der Waals surface area contributed by atoms with Crippen molar-refractivity contribution in [1.82, 2.24) is 5.32 Å². The maximum atomic E-state index is 13.7. The van der Waals surface area contributed by atoms with Gasteiger partial charge in [0.05, 0.1) is 12.3 Å². The van der Waals surface area contributed by atoms with Crippen LogP contribution in [0.2, 0.25) is 10.0 Å². The quantitative estimate of drug-likeness (QED) is 0.0893. The molecule has 5 aromatic carbocycles. The fourth-order valence-electron chi connectivity index (χ4n) is 4.65. The molecule has 0 spiro atoms. The topological polar surface area (TPSA) is 96.5 Å². The number of nitrogens with one attached hydrogen (secondary N) is 3. The first-order chi connectivity index (χ1) is 23.3. The Balaban J connectivity index is 1.39. The number of hydrogen-bond donors (Lipinski definition) is 3. The molecule has 48 heavy (non-hydrogen) atoms. The van der Waals surface area contributed by atoms with Gasteiger partial charge in [0.1, 0.15) is 16.7 Å². The lowest BCUT2D eigenvalue weighted by Gasteiger charge is -2.19. The van der Waals surface area contributed by atoms with Crippen LogP contribution < -0.4 is 20.7 Å². The van der Waals surface area contributed by atoms with Gasteiger partial charge in [0.15, 0.2) is 0 Å². The Labute approximate surface area is 293 Å². The van der Waals surface area contributed by atoms with E-state index in [0.29, 0.717) is 44.9 Å². The summed E-state index contributed by atoms with van der Waals surface area (Å²) in [5, 5.41) is 8.73. The molecule has 0 aliphatic rings. The first-order valence-electron chi connectivity index (χ1n) is 15.0. The molecule has 3 N–H and O–H groups in total. The molecule has 1 unspecified atom stereocenters. The summed E-state index contributed by atoms with van der Waals surface area (Å²) in [6, 6.07) is 37.3. The maximum absolute atomic E-state index is 13.7. The van der Waals surface area contributed by atoms with Crippen molar-refractivity contribution in [2.24, 2.45) is 0 Å². The number of carbonyl (C=O) groups is 3. The van der Waals surface area contributed by atoms with Crippen LogP contribution in [0, 0.1) is 0 Å². The first kappa shape index (κ1) is 34.3. The number of para-hydroxylation sites is 2. The highest BCUT2D eigenvalue weighted by atomic mass is 35.5. The number of thioether (sulfide) groups is 1. The Bertz CT molecular complexity index is 1940. The zero-order valence-corrected chi connectivity index (χ0v) is 28.1. The van der Waals surface area contributed by atoms with Gasteiger partial charge in [-0.1, -0.05) is 96.0 Å². The van der Waals surface area contributed by atoms with Crippen LogP contribution in [0.1, 0.15) is 33.7 Å². The lowest BCUT2D eigenvalue weighted by atomic mass is 10.1. The molecule has 0 radical (unpaired) electrons. The summed E-state index contributed by atoms with van der Waals surface area (Å²) in [6.45, 7) is 2.34. The SMILES string of the molecule is CCOc1ccccc1NC(=O)C(Sc1cccc(NC(=O)/C(=C\c2ccc(Cl)cc2Cl)NC(=O)c2ccccc2)c1)c1ccccc1. The van der Waals surface area contributed by atoms with Gasteiger partial charge in [0, 0.05) is 26.2 Å². The molecule has 0 saturated carbocycles. The zero-order valence-electron chi connectivity index (χ0n) is 25.8.